The van der Waals surface area contributed by atoms with Gasteiger partial charge in [-0.25, -0.2) is 13.5 Å². The van der Waals surface area contributed by atoms with Crippen LogP contribution in [0.3, 0.4) is 0 Å². The molecule has 0 bridgehead atoms. The number of hydrogen-bond donors (Lipinski definition) is 1. The third-order valence-corrected chi connectivity index (χ3v) is 5.25. The number of benzene rings is 2. The largest absolute Gasteiger partial charge is 0.760 e. The summed E-state index contributed by atoms with van der Waals surface area (Å²) in [5.74, 6) is -3.41. The second-order valence-electron chi connectivity index (χ2n) is 6.33. The fourth-order valence-corrected chi connectivity index (χ4v) is 3.58. The maximum absolute atomic E-state index is 14.5. The maximum Gasteiger partial charge on any atom is 0.197 e. The van der Waals surface area contributed by atoms with Crippen molar-refractivity contribution in [3.63, 3.8) is 0 Å². The molecule has 0 fully saturated rings. The number of rotatable bonds is 7. The number of carbonyl (C=O) groups excluding carboxylic acids is 1. The van der Waals surface area contributed by atoms with E-state index in [4.69, 9.17) is 16.9 Å². The van der Waals surface area contributed by atoms with Crippen molar-refractivity contribution in [1.29, 1.82) is 5.26 Å². The molecule has 3 rings (SSSR count). The number of hydrogen-bond acceptors (Lipinski definition) is 5. The van der Waals surface area contributed by atoms with Crippen LogP contribution in [0.1, 0.15) is 33.5 Å². The van der Waals surface area contributed by atoms with Crippen molar-refractivity contribution in [3.8, 4) is 6.07 Å². The predicted molar refractivity (Wildman–Crippen MR) is 107 cm³/mol. The van der Waals surface area contributed by atoms with Gasteiger partial charge in [0, 0.05) is 35.0 Å². The average molecular weight is 449 g/mol. The summed E-state index contributed by atoms with van der Waals surface area (Å²) in [6, 6.07) is 8.74. The first-order valence-corrected chi connectivity index (χ1v) is 10.1. The SMILES string of the molecule is N#Cc1cnc2ccc(C(=O)c3c(F)c(F)cc(CCCNS(=O)[O-])c3Cl)cc2c1. The Morgan fingerprint density at radius 2 is 2.07 bits per heavy atom. The molecule has 0 saturated carbocycles. The summed E-state index contributed by atoms with van der Waals surface area (Å²) < 4.78 is 51.8. The summed E-state index contributed by atoms with van der Waals surface area (Å²) >= 11 is 3.78. The molecule has 0 amide bonds. The lowest BCUT2D eigenvalue weighted by molar-refractivity contribution is 0.103. The summed E-state index contributed by atoms with van der Waals surface area (Å²) in [4.78, 5) is 17.0. The molecule has 1 heterocycles. The zero-order valence-electron chi connectivity index (χ0n) is 15.2. The highest BCUT2D eigenvalue weighted by Gasteiger charge is 2.24. The van der Waals surface area contributed by atoms with Gasteiger partial charge in [0.15, 0.2) is 17.4 Å². The Kier molecular flexibility index (Phi) is 6.84. The Morgan fingerprint density at radius 3 is 2.77 bits per heavy atom. The number of nitriles is 1. The molecule has 1 N–H and O–H groups in total. The summed E-state index contributed by atoms with van der Waals surface area (Å²) in [5, 5.41) is 9.26. The number of nitrogens with one attached hydrogen (secondary N) is 1. The Labute approximate surface area is 177 Å². The number of fused-ring (bicyclic) bond motifs is 1. The molecule has 30 heavy (non-hydrogen) atoms. The van der Waals surface area contributed by atoms with Crippen molar-refractivity contribution >= 4 is 39.6 Å². The van der Waals surface area contributed by atoms with Crippen LogP contribution in [-0.2, 0) is 17.7 Å². The van der Waals surface area contributed by atoms with Crippen LogP contribution in [0.5, 0.6) is 0 Å². The van der Waals surface area contributed by atoms with Gasteiger partial charge < -0.3 is 4.55 Å². The number of halogens is 3. The summed E-state index contributed by atoms with van der Waals surface area (Å²) in [7, 11) is 0. The number of carbonyl (C=O) groups is 1. The van der Waals surface area contributed by atoms with Crippen molar-refractivity contribution in [2.24, 2.45) is 0 Å². The zero-order valence-corrected chi connectivity index (χ0v) is 16.8. The number of pyridine rings is 1. The van der Waals surface area contributed by atoms with Crippen LogP contribution < -0.4 is 4.72 Å². The van der Waals surface area contributed by atoms with E-state index in [0.29, 0.717) is 10.9 Å². The van der Waals surface area contributed by atoms with Crippen LogP contribution in [-0.4, -0.2) is 26.1 Å². The zero-order chi connectivity index (χ0) is 21.8. The van der Waals surface area contributed by atoms with Crippen LogP contribution in [0.25, 0.3) is 10.9 Å². The van der Waals surface area contributed by atoms with E-state index in [1.165, 1.54) is 30.5 Å². The lowest BCUT2D eigenvalue weighted by Gasteiger charge is -2.12. The number of aryl methyl sites for hydroxylation is 1. The minimum atomic E-state index is -2.43. The van der Waals surface area contributed by atoms with Crippen molar-refractivity contribution in [2.45, 2.75) is 12.8 Å². The second-order valence-corrected chi connectivity index (χ2v) is 7.46. The van der Waals surface area contributed by atoms with Crippen LogP contribution in [0, 0.1) is 23.0 Å². The minimum Gasteiger partial charge on any atom is -0.760 e. The van der Waals surface area contributed by atoms with E-state index < -0.39 is 34.2 Å². The molecular formula is C20H13ClF2N3O3S-. The number of ketones is 1. The van der Waals surface area contributed by atoms with Crippen LogP contribution in [0.15, 0.2) is 36.5 Å². The molecule has 0 aliphatic rings. The Morgan fingerprint density at radius 1 is 1.30 bits per heavy atom. The highest BCUT2D eigenvalue weighted by Crippen LogP contribution is 2.30. The molecule has 154 valence electrons. The molecule has 0 aliphatic carbocycles. The van der Waals surface area contributed by atoms with Crippen molar-refractivity contribution < 1.29 is 22.3 Å². The molecule has 10 heteroatoms. The quantitative estimate of drug-likeness (QED) is 0.257. The third-order valence-electron chi connectivity index (χ3n) is 4.37. The fraction of sp³-hybridized carbons (Fsp3) is 0.150. The lowest BCUT2D eigenvalue weighted by Crippen LogP contribution is -2.18. The van der Waals surface area contributed by atoms with Gasteiger partial charge in [0.2, 0.25) is 0 Å². The average Bonchev–Trinajstić information content (AvgIpc) is 2.73. The standard InChI is InChI=1S/C20H14ClF2N3O3S/c21-18-12(2-1-5-26-30(28)29)8-15(22)19(23)17(18)20(27)13-3-4-16-14(7-13)6-11(9-24)10-25-16/h3-4,6-8,10,26H,1-2,5H2,(H,28,29)/p-1. The molecule has 1 aromatic heterocycles. The molecular weight excluding hydrogens is 436 g/mol. The van der Waals surface area contributed by atoms with E-state index in [2.05, 4.69) is 9.71 Å². The molecule has 1 unspecified atom stereocenters. The van der Waals surface area contributed by atoms with Crippen molar-refractivity contribution in [2.75, 3.05) is 6.54 Å². The third kappa shape index (κ3) is 4.68. The normalized spacial score (nSPS) is 12.0. The van der Waals surface area contributed by atoms with Gasteiger partial charge in [-0.1, -0.05) is 11.6 Å². The van der Waals surface area contributed by atoms with Gasteiger partial charge in [-0.3, -0.25) is 14.0 Å². The van der Waals surface area contributed by atoms with Gasteiger partial charge in [0.25, 0.3) is 0 Å². The highest BCUT2D eigenvalue weighted by atomic mass is 35.5. The van der Waals surface area contributed by atoms with Crippen LogP contribution >= 0.6 is 11.6 Å². The first-order chi connectivity index (χ1) is 14.3. The topological polar surface area (TPSA) is 106 Å². The molecule has 3 aromatic rings. The van der Waals surface area contributed by atoms with E-state index in [0.717, 1.165) is 6.07 Å². The fourth-order valence-electron chi connectivity index (χ4n) is 2.95. The van der Waals surface area contributed by atoms with Gasteiger partial charge in [0.05, 0.1) is 21.7 Å². The Hall–Kier alpha value is -2.77. The van der Waals surface area contributed by atoms with E-state index in [-0.39, 0.29) is 41.1 Å². The molecule has 0 radical (unpaired) electrons. The summed E-state index contributed by atoms with van der Waals surface area (Å²) in [6.45, 7) is 0.0770. The second kappa shape index (κ2) is 9.36. The van der Waals surface area contributed by atoms with Gasteiger partial charge in [0.1, 0.15) is 6.07 Å². The molecule has 0 spiro atoms. The van der Waals surface area contributed by atoms with E-state index in [1.54, 1.807) is 0 Å². The highest BCUT2D eigenvalue weighted by molar-refractivity contribution is 7.77. The van der Waals surface area contributed by atoms with E-state index in [1.807, 2.05) is 6.07 Å². The minimum absolute atomic E-state index is 0.0557. The molecule has 2 aromatic carbocycles. The van der Waals surface area contributed by atoms with E-state index >= 15 is 0 Å². The van der Waals surface area contributed by atoms with Crippen LogP contribution in [0.2, 0.25) is 5.02 Å². The monoisotopic (exact) mass is 448 g/mol. The maximum atomic E-state index is 14.5. The lowest BCUT2D eigenvalue weighted by atomic mass is 9.97. The smallest absolute Gasteiger partial charge is 0.197 e. The predicted octanol–water partition coefficient (Wildman–Crippen LogP) is 3.59. The first-order valence-electron chi connectivity index (χ1n) is 8.65. The summed E-state index contributed by atoms with van der Waals surface area (Å²) in [6.07, 6.45) is 1.79. The van der Waals surface area contributed by atoms with Gasteiger partial charge in [-0.2, -0.15) is 5.26 Å². The molecule has 1 atom stereocenters. The van der Waals surface area contributed by atoms with Crippen molar-refractivity contribution in [1.82, 2.24) is 9.71 Å². The molecule has 6 nitrogen and oxygen atoms in total. The van der Waals surface area contributed by atoms with E-state index in [9.17, 15) is 22.3 Å². The number of aromatic nitrogens is 1. The molecule has 0 aliphatic heterocycles. The number of nitrogens with zero attached hydrogens (tertiary/aromatic N) is 2. The first kappa shape index (κ1) is 21.9. The van der Waals surface area contributed by atoms with Gasteiger partial charge in [-0.05, 0) is 48.7 Å². The van der Waals surface area contributed by atoms with Crippen molar-refractivity contribution in [3.05, 3.63) is 75.4 Å². The Bertz CT molecular complexity index is 1210. The van der Waals surface area contributed by atoms with Crippen LogP contribution in [0.4, 0.5) is 8.78 Å². The summed E-state index contributed by atoms with van der Waals surface area (Å²) in [5.41, 5.74) is 0.458. The molecule has 0 saturated heterocycles. The van der Waals surface area contributed by atoms with Gasteiger partial charge in [-0.15, -0.1) is 0 Å². The van der Waals surface area contributed by atoms with Gasteiger partial charge >= 0.3 is 0 Å². The Balaban J connectivity index is 1.97.